The van der Waals surface area contributed by atoms with Gasteiger partial charge in [-0.15, -0.1) is 6.26 Å². The van der Waals surface area contributed by atoms with Crippen LogP contribution >= 0.6 is 0 Å². The molecule has 5 aliphatic heterocycles. The number of methoxy groups -OCH3 is 1. The Hall–Kier alpha value is -4.87. The van der Waals surface area contributed by atoms with Gasteiger partial charge in [0, 0.05) is 51.9 Å². The number of carbonyl (C=O) groups is 3. The van der Waals surface area contributed by atoms with Crippen LogP contribution in [0, 0.1) is 35.5 Å². The molecule has 6 rings (SSSR count). The maximum atomic E-state index is 14.4. The number of allylic oxidation sites excluding steroid dienone is 13. The van der Waals surface area contributed by atoms with E-state index in [1.165, 1.54) is 57.6 Å². The Kier molecular flexibility index (Phi) is 18.3. The molecule has 5 heterocycles. The van der Waals surface area contributed by atoms with Crippen molar-refractivity contribution in [2.24, 2.45) is 50.5 Å². The number of ether oxygens (including phenoxy) is 2. The van der Waals surface area contributed by atoms with Crippen molar-refractivity contribution in [2.75, 3.05) is 13.7 Å². The number of esters is 2. The van der Waals surface area contributed by atoms with Crippen molar-refractivity contribution in [1.29, 1.82) is 0 Å². The Labute approximate surface area is 409 Å². The van der Waals surface area contributed by atoms with Crippen LogP contribution in [0.3, 0.4) is 0 Å². The fourth-order valence-electron chi connectivity index (χ4n) is 9.93. The van der Waals surface area contributed by atoms with Crippen molar-refractivity contribution in [2.45, 2.75) is 126 Å². The van der Waals surface area contributed by atoms with E-state index in [0.717, 1.165) is 47.8 Å². The summed E-state index contributed by atoms with van der Waals surface area (Å²) in [6, 6.07) is 0. The molecule has 6 aliphatic rings. The first kappa shape index (κ1) is 52.1. The van der Waals surface area contributed by atoms with Gasteiger partial charge in [-0.1, -0.05) is 110 Å². The van der Waals surface area contributed by atoms with Gasteiger partial charge in [-0.3, -0.25) is 14.4 Å². The van der Waals surface area contributed by atoms with Crippen LogP contribution in [0.4, 0.5) is 0 Å². The summed E-state index contributed by atoms with van der Waals surface area (Å²) in [4.78, 5) is 56.2. The Morgan fingerprint density at radius 3 is 2.17 bits per heavy atom. The number of fused-ring (bicyclic) bond motifs is 5. The van der Waals surface area contributed by atoms with E-state index >= 15 is 0 Å². The summed E-state index contributed by atoms with van der Waals surface area (Å²) < 4.78 is 11.0. The Morgan fingerprint density at radius 2 is 1.53 bits per heavy atom. The van der Waals surface area contributed by atoms with Gasteiger partial charge in [-0.2, -0.15) is 0 Å². The van der Waals surface area contributed by atoms with Crippen molar-refractivity contribution >= 4 is 57.9 Å². The van der Waals surface area contributed by atoms with E-state index in [1.807, 2.05) is 19.1 Å². The number of nitrogens with one attached hydrogen (secondary N) is 1. The molecular formula is C55H69MgN4O6+. The van der Waals surface area contributed by atoms with Gasteiger partial charge in [0.25, 0.3) is 0 Å². The third-order valence-electron chi connectivity index (χ3n) is 14.0. The van der Waals surface area contributed by atoms with E-state index in [1.54, 1.807) is 31.2 Å². The Morgan fingerprint density at radius 1 is 0.864 bits per heavy atom. The van der Waals surface area contributed by atoms with E-state index < -0.39 is 17.7 Å². The monoisotopic (exact) mass is 906 g/mol. The molecule has 0 radical (unpaired) electrons. The zero-order valence-corrected chi connectivity index (χ0v) is 42.3. The average molecular weight is 906 g/mol. The van der Waals surface area contributed by atoms with Crippen LogP contribution in [-0.2, 0) is 23.9 Å². The molecule has 1 N–H and O–H groups in total. The molecule has 1 aliphatic carbocycles. The first-order valence-electron chi connectivity index (χ1n) is 23.7. The van der Waals surface area contributed by atoms with Crippen LogP contribution in [0.15, 0.2) is 144 Å². The minimum atomic E-state index is -1.25. The van der Waals surface area contributed by atoms with Crippen molar-refractivity contribution < 1.29 is 29.0 Å². The van der Waals surface area contributed by atoms with Gasteiger partial charge in [0.2, 0.25) is 0 Å². The van der Waals surface area contributed by atoms with Crippen LogP contribution in [0.2, 0.25) is 0 Å². The molecule has 0 aromatic carbocycles. The minimum absolute atomic E-state index is 0. The summed E-state index contributed by atoms with van der Waals surface area (Å²) in [5.41, 5.74) is 9.58. The van der Waals surface area contributed by atoms with Crippen molar-refractivity contribution in [3.63, 3.8) is 0 Å². The molecule has 8 bridgehead atoms. The topological polar surface area (TPSA) is 142 Å². The molecule has 1 saturated heterocycles. The minimum Gasteiger partial charge on any atom is -0.877 e. The molecule has 1 saturated carbocycles. The Bertz CT molecular complexity index is 2390. The van der Waals surface area contributed by atoms with Crippen LogP contribution < -0.4 is 10.4 Å². The van der Waals surface area contributed by atoms with Crippen LogP contribution in [0.25, 0.3) is 0 Å². The number of ketones is 1. The third-order valence-corrected chi connectivity index (χ3v) is 14.0. The summed E-state index contributed by atoms with van der Waals surface area (Å²) in [5, 5.41) is 16.1. The normalized spacial score (nSPS) is 22.8. The largest absolute Gasteiger partial charge is 2.00 e. The molecule has 0 unspecified atom stereocenters. The predicted octanol–water partition coefficient (Wildman–Crippen LogP) is 10.3. The molecule has 5 atom stereocenters. The molecule has 0 aromatic rings. The number of nitrogens with zero attached hydrogens (tertiary/aromatic N) is 3. The van der Waals surface area contributed by atoms with Gasteiger partial charge >= 0.3 is 35.0 Å². The number of carbonyl (C=O) groups excluding carboxylic acids is 3. The van der Waals surface area contributed by atoms with E-state index in [9.17, 15) is 19.5 Å². The molecule has 0 amide bonds. The van der Waals surface area contributed by atoms with Crippen molar-refractivity contribution in [1.82, 2.24) is 5.32 Å². The standard InChI is InChI=1S/C55H70N4O6.Mg/c1-12-38-35(8)42-27-43-36(9)40(23-24-48(61)65-26-25-34(7)22-16-21-33(6)20-15-19-32(5)18-14-17-31(3)4)52(58-43)50-51(55(63)64-11)54(62)49-37(10)44(59-53(49)50)28-46-39(13-2)41(30-60)47(57-46)29-45(38)56-42;/h12-13,25,27-33,36,40,51,58,60H,1-2,14-24,26H2,3-11H3;/q;+2/p-1/b34-25+,41-30?,43-27?,44-28?,45-29?,52-50?;/t32-,33-,36+,40+,51-;/m1./s1. The summed E-state index contributed by atoms with van der Waals surface area (Å²) in [6.07, 6.45) is 23.3. The summed E-state index contributed by atoms with van der Waals surface area (Å²) in [6.45, 7) is 25.5. The number of rotatable bonds is 20. The molecule has 0 spiro atoms. The SMILES string of the molecule is C=CC1=C2C=C3N=C4C(=C3C)C(=O)[C@H](C(=O)OC)C4=C3NC(=CC4=NC(=CC(=N2)C1=C[O-])C(C=C)=C4C)[C@@H](C)[C@@H]3CCC(=O)OC/C=C(\C)CCC[C@H](C)CCC[C@H](C)CCCC(C)C.[Mg+2]. The molecule has 0 aromatic heterocycles. The van der Waals surface area contributed by atoms with E-state index in [0.29, 0.717) is 80.1 Å². The molecule has 346 valence electrons. The van der Waals surface area contributed by atoms with Gasteiger partial charge < -0.3 is 19.9 Å². The second-order valence-electron chi connectivity index (χ2n) is 19.2. The first-order valence-corrected chi connectivity index (χ1v) is 23.7. The summed E-state index contributed by atoms with van der Waals surface area (Å²) in [7, 11) is 1.27. The van der Waals surface area contributed by atoms with Crippen molar-refractivity contribution in [3.05, 3.63) is 129 Å². The van der Waals surface area contributed by atoms with Crippen LogP contribution in [0.5, 0.6) is 0 Å². The van der Waals surface area contributed by atoms with E-state index in [-0.39, 0.29) is 53.9 Å². The molecule has 66 heavy (non-hydrogen) atoms. The number of aliphatic imine (C=N–C) groups is 3. The maximum Gasteiger partial charge on any atom is 2.00 e. The quantitative estimate of drug-likeness (QED) is 0.0421. The molecule has 10 nitrogen and oxygen atoms in total. The van der Waals surface area contributed by atoms with Gasteiger partial charge in [-0.05, 0) is 98.8 Å². The predicted molar refractivity (Wildman–Crippen MR) is 265 cm³/mol. The van der Waals surface area contributed by atoms with Gasteiger partial charge in [-0.25, -0.2) is 15.0 Å². The molecule has 2 fully saturated rings. The number of Topliss-reactive ketones (excluding diaryl/α,β-unsaturated/α-hetero) is 1. The van der Waals surface area contributed by atoms with E-state index in [2.05, 4.69) is 60.0 Å². The van der Waals surface area contributed by atoms with Crippen LogP contribution in [0.1, 0.15) is 126 Å². The van der Waals surface area contributed by atoms with Crippen LogP contribution in [-0.4, -0.2) is 71.6 Å². The van der Waals surface area contributed by atoms with Gasteiger partial charge in [0.05, 0.1) is 41.3 Å². The zero-order chi connectivity index (χ0) is 47.1. The van der Waals surface area contributed by atoms with Crippen molar-refractivity contribution in [3.8, 4) is 0 Å². The smallest absolute Gasteiger partial charge is 0.877 e. The fourth-order valence-corrected chi connectivity index (χ4v) is 9.93. The summed E-state index contributed by atoms with van der Waals surface area (Å²) >= 11 is 0. The third kappa shape index (κ3) is 11.4. The van der Waals surface area contributed by atoms with E-state index in [4.69, 9.17) is 24.5 Å². The Balaban J connectivity index is 0.00000817. The molecule has 11 heteroatoms. The molecular weight excluding hydrogens is 837 g/mol. The van der Waals surface area contributed by atoms with Gasteiger partial charge in [0.15, 0.2) is 5.78 Å². The summed E-state index contributed by atoms with van der Waals surface area (Å²) in [5.74, 6) is -0.870. The second-order valence-corrected chi connectivity index (χ2v) is 19.2. The number of hydrogen-bond donors (Lipinski definition) is 1. The zero-order valence-electron chi connectivity index (χ0n) is 40.9. The average Bonchev–Trinajstić information content (AvgIpc) is 4.02. The second kappa shape index (κ2) is 23.2. The van der Waals surface area contributed by atoms with Gasteiger partial charge in [0.1, 0.15) is 12.5 Å². The maximum absolute atomic E-state index is 14.4. The first-order chi connectivity index (χ1) is 31.1. The number of hydrogen-bond acceptors (Lipinski definition) is 10. The fraction of sp³-hybridized carbons (Fsp3) is 0.491.